The second-order valence-electron chi connectivity index (χ2n) is 7.97. The fraction of sp³-hybridized carbons (Fsp3) is 0.565. The smallest absolute Gasteiger partial charge is 0.234 e. The molecule has 0 saturated carbocycles. The van der Waals surface area contributed by atoms with E-state index in [4.69, 9.17) is 4.74 Å². The van der Waals surface area contributed by atoms with E-state index in [1.165, 1.54) is 5.56 Å². The highest BCUT2D eigenvalue weighted by Crippen LogP contribution is 2.31. The number of allylic oxidation sites excluding steroid dienone is 1. The number of methoxy groups -OCH3 is 1. The van der Waals surface area contributed by atoms with Gasteiger partial charge in [0.1, 0.15) is 0 Å². The topological polar surface area (TPSA) is 61.9 Å². The number of nitrogens with zero attached hydrogens (tertiary/aromatic N) is 2. The Balaban J connectivity index is 1.50. The number of carbonyl (C=O) groups excluding carboxylic acids is 2. The molecule has 2 heterocycles. The molecule has 158 valence electrons. The maximum atomic E-state index is 13.3. The molecule has 1 fully saturated rings. The van der Waals surface area contributed by atoms with Crippen molar-refractivity contribution in [2.75, 3.05) is 46.4 Å². The number of hydrogen-bond acceptors (Lipinski definition) is 4. The van der Waals surface area contributed by atoms with Crippen molar-refractivity contribution >= 4 is 11.8 Å². The Hall–Kier alpha value is -2.18. The largest absolute Gasteiger partial charge is 0.383 e. The molecule has 2 amide bonds. The average Bonchev–Trinajstić information content (AvgIpc) is 2.91. The molecule has 0 bridgehead atoms. The fourth-order valence-electron chi connectivity index (χ4n) is 4.28. The van der Waals surface area contributed by atoms with Crippen LogP contribution in [0.2, 0.25) is 0 Å². The van der Waals surface area contributed by atoms with Crippen LogP contribution < -0.4 is 5.32 Å². The highest BCUT2D eigenvalue weighted by atomic mass is 16.5. The minimum Gasteiger partial charge on any atom is -0.383 e. The molecule has 2 aliphatic heterocycles. The van der Waals surface area contributed by atoms with Crippen LogP contribution in [0.1, 0.15) is 24.8 Å². The lowest BCUT2D eigenvalue weighted by atomic mass is 9.81. The number of benzene rings is 1. The summed E-state index contributed by atoms with van der Waals surface area (Å²) in [5, 5.41) is 2.87. The third-order valence-electron chi connectivity index (χ3n) is 5.92. The Labute approximate surface area is 173 Å². The summed E-state index contributed by atoms with van der Waals surface area (Å²) in [6.07, 6.45) is 7.05. The minimum atomic E-state index is 0.0445. The monoisotopic (exact) mass is 399 g/mol. The summed E-state index contributed by atoms with van der Waals surface area (Å²) in [5.41, 5.74) is 1.17. The van der Waals surface area contributed by atoms with Crippen molar-refractivity contribution < 1.29 is 14.3 Å². The highest BCUT2D eigenvalue weighted by Gasteiger charge is 2.34. The van der Waals surface area contributed by atoms with Gasteiger partial charge in [0.05, 0.1) is 13.2 Å². The van der Waals surface area contributed by atoms with Crippen molar-refractivity contribution in [3.8, 4) is 0 Å². The van der Waals surface area contributed by atoms with Gasteiger partial charge in [-0.05, 0) is 43.8 Å². The Morgan fingerprint density at radius 2 is 1.93 bits per heavy atom. The second-order valence-corrected chi connectivity index (χ2v) is 7.97. The Kier molecular flexibility index (Phi) is 8.25. The molecule has 1 aromatic carbocycles. The van der Waals surface area contributed by atoms with Gasteiger partial charge in [0.2, 0.25) is 11.8 Å². The molecule has 0 spiro atoms. The van der Waals surface area contributed by atoms with Crippen molar-refractivity contribution in [2.24, 2.45) is 11.8 Å². The van der Waals surface area contributed by atoms with E-state index in [2.05, 4.69) is 34.5 Å². The maximum absolute atomic E-state index is 13.3. The van der Waals surface area contributed by atoms with Gasteiger partial charge in [-0.3, -0.25) is 14.5 Å². The summed E-state index contributed by atoms with van der Waals surface area (Å²) >= 11 is 0. The van der Waals surface area contributed by atoms with Crippen molar-refractivity contribution in [1.82, 2.24) is 15.1 Å². The number of piperidine rings is 1. The fourth-order valence-corrected chi connectivity index (χ4v) is 4.28. The highest BCUT2D eigenvalue weighted by molar-refractivity contribution is 5.80. The van der Waals surface area contributed by atoms with Crippen LogP contribution in [-0.2, 0) is 20.9 Å². The van der Waals surface area contributed by atoms with E-state index in [0.717, 1.165) is 32.4 Å². The summed E-state index contributed by atoms with van der Waals surface area (Å²) in [6.45, 7) is 4.60. The van der Waals surface area contributed by atoms with Crippen molar-refractivity contribution in [3.63, 3.8) is 0 Å². The summed E-state index contributed by atoms with van der Waals surface area (Å²) in [7, 11) is 1.63. The summed E-state index contributed by atoms with van der Waals surface area (Å²) in [5.74, 6) is 0.754. The van der Waals surface area contributed by atoms with E-state index >= 15 is 0 Å². The van der Waals surface area contributed by atoms with Crippen LogP contribution in [0.4, 0.5) is 0 Å². The number of likely N-dealkylation sites (tertiary alicyclic amines) is 1. The number of carbonyl (C=O) groups is 2. The predicted molar refractivity (Wildman–Crippen MR) is 113 cm³/mol. The number of nitrogens with one attached hydrogen (secondary N) is 1. The molecule has 2 aliphatic rings. The van der Waals surface area contributed by atoms with Gasteiger partial charge in [-0.15, -0.1) is 0 Å². The zero-order valence-electron chi connectivity index (χ0n) is 17.4. The first-order chi connectivity index (χ1) is 14.2. The quantitative estimate of drug-likeness (QED) is 0.537. The molecule has 3 rings (SSSR count). The van der Waals surface area contributed by atoms with Gasteiger partial charge in [-0.1, -0.05) is 42.5 Å². The van der Waals surface area contributed by atoms with Crippen LogP contribution in [0.25, 0.3) is 0 Å². The Bertz CT molecular complexity index is 684. The van der Waals surface area contributed by atoms with E-state index in [-0.39, 0.29) is 17.7 Å². The molecule has 29 heavy (non-hydrogen) atoms. The van der Waals surface area contributed by atoms with E-state index in [1.54, 1.807) is 7.11 Å². The van der Waals surface area contributed by atoms with Crippen LogP contribution in [0, 0.1) is 11.8 Å². The minimum absolute atomic E-state index is 0.0445. The molecular formula is C23H33N3O3. The van der Waals surface area contributed by atoms with E-state index in [1.807, 2.05) is 23.1 Å². The molecule has 0 aliphatic carbocycles. The summed E-state index contributed by atoms with van der Waals surface area (Å²) in [4.78, 5) is 29.4. The van der Waals surface area contributed by atoms with Gasteiger partial charge in [0.15, 0.2) is 0 Å². The molecule has 1 atom stereocenters. The number of hydrogen-bond donors (Lipinski definition) is 1. The molecule has 1 saturated heterocycles. The summed E-state index contributed by atoms with van der Waals surface area (Å²) in [6, 6.07) is 10.2. The third kappa shape index (κ3) is 6.41. The molecule has 0 aromatic heterocycles. The lowest BCUT2D eigenvalue weighted by Crippen LogP contribution is -2.45. The van der Waals surface area contributed by atoms with Crippen LogP contribution in [0.15, 0.2) is 42.5 Å². The first-order valence-corrected chi connectivity index (χ1v) is 10.6. The van der Waals surface area contributed by atoms with Crippen molar-refractivity contribution in [3.05, 3.63) is 48.0 Å². The zero-order valence-corrected chi connectivity index (χ0v) is 17.4. The number of amides is 2. The molecule has 0 radical (unpaired) electrons. The SMILES string of the molecule is COCCNC(=O)CN1CCC(C2CC=CCN(Cc3ccccc3)C2=O)CC1. The second kappa shape index (κ2) is 11.1. The first kappa shape index (κ1) is 21.5. The van der Waals surface area contributed by atoms with Crippen LogP contribution in [0.5, 0.6) is 0 Å². The van der Waals surface area contributed by atoms with Crippen LogP contribution in [0.3, 0.4) is 0 Å². The average molecular weight is 400 g/mol. The predicted octanol–water partition coefficient (Wildman–Crippen LogP) is 2.07. The van der Waals surface area contributed by atoms with Crippen LogP contribution in [-0.4, -0.2) is 68.1 Å². The van der Waals surface area contributed by atoms with Crippen molar-refractivity contribution in [1.29, 1.82) is 0 Å². The third-order valence-corrected chi connectivity index (χ3v) is 5.92. The zero-order chi connectivity index (χ0) is 20.5. The van der Waals surface area contributed by atoms with E-state index < -0.39 is 0 Å². The Morgan fingerprint density at radius 3 is 2.66 bits per heavy atom. The van der Waals surface area contributed by atoms with Gasteiger partial charge in [-0.25, -0.2) is 0 Å². The lowest BCUT2D eigenvalue weighted by Gasteiger charge is -2.36. The summed E-state index contributed by atoms with van der Waals surface area (Å²) < 4.78 is 4.96. The first-order valence-electron chi connectivity index (χ1n) is 10.6. The maximum Gasteiger partial charge on any atom is 0.234 e. The molecule has 1 N–H and O–H groups in total. The lowest BCUT2D eigenvalue weighted by molar-refractivity contribution is -0.138. The van der Waals surface area contributed by atoms with Gasteiger partial charge >= 0.3 is 0 Å². The molecular weight excluding hydrogens is 366 g/mol. The van der Waals surface area contributed by atoms with Gasteiger partial charge in [0, 0.05) is 32.7 Å². The van der Waals surface area contributed by atoms with E-state index in [0.29, 0.717) is 38.7 Å². The Morgan fingerprint density at radius 1 is 1.17 bits per heavy atom. The van der Waals surface area contributed by atoms with Crippen LogP contribution >= 0.6 is 0 Å². The van der Waals surface area contributed by atoms with Gasteiger partial charge in [-0.2, -0.15) is 0 Å². The number of rotatable bonds is 8. The molecule has 6 heteroatoms. The molecule has 1 unspecified atom stereocenters. The number of ether oxygens (including phenoxy) is 1. The standard InChI is InChI=1S/C23H33N3O3/c1-29-16-12-24-22(27)18-25-14-10-20(11-15-25)21-9-5-6-13-26(23(21)28)17-19-7-3-2-4-8-19/h2-8,20-21H,9-18H2,1H3,(H,24,27). The normalized spacial score (nSPS) is 21.2. The van der Waals surface area contributed by atoms with Gasteiger partial charge in [0.25, 0.3) is 0 Å². The van der Waals surface area contributed by atoms with Gasteiger partial charge < -0.3 is 15.0 Å². The van der Waals surface area contributed by atoms with E-state index in [9.17, 15) is 9.59 Å². The van der Waals surface area contributed by atoms with Crippen molar-refractivity contribution in [2.45, 2.75) is 25.8 Å². The molecule has 1 aromatic rings. The molecule has 6 nitrogen and oxygen atoms in total.